The number of halogens is 1. The summed E-state index contributed by atoms with van der Waals surface area (Å²) >= 11 is 7.54. The lowest BCUT2D eigenvalue weighted by atomic mass is 10.2. The summed E-state index contributed by atoms with van der Waals surface area (Å²) in [6.45, 7) is 1.25. The molecule has 0 saturated carbocycles. The molecule has 3 rings (SSSR count). The summed E-state index contributed by atoms with van der Waals surface area (Å²) in [4.78, 5) is 18.5. The molecule has 1 amide bonds. The minimum atomic E-state index is -0.0753. The first kappa shape index (κ1) is 16.9. The molecule has 0 atom stereocenters. The summed E-state index contributed by atoms with van der Waals surface area (Å²) in [5, 5.41) is 1.46. The molecule has 0 saturated heterocycles. The third kappa shape index (κ3) is 4.52. The lowest BCUT2D eigenvalue weighted by Gasteiger charge is -2.18. The van der Waals surface area contributed by atoms with Crippen molar-refractivity contribution >= 4 is 34.4 Å². The van der Waals surface area contributed by atoms with Gasteiger partial charge in [-0.25, -0.2) is 0 Å². The lowest BCUT2D eigenvalue weighted by molar-refractivity contribution is -0.128. The second-order valence-corrected chi connectivity index (χ2v) is 6.61. The molecule has 24 heavy (non-hydrogen) atoms. The molecule has 0 spiro atoms. The van der Waals surface area contributed by atoms with Crippen LogP contribution in [0.25, 0.3) is 0 Å². The number of hydrogen-bond donors (Lipinski definition) is 0. The molecular weight excluding hydrogens is 344 g/mol. The van der Waals surface area contributed by atoms with Crippen molar-refractivity contribution in [1.29, 1.82) is 0 Å². The number of ether oxygens (including phenoxy) is 1. The van der Waals surface area contributed by atoms with Crippen molar-refractivity contribution in [1.82, 2.24) is 4.90 Å². The van der Waals surface area contributed by atoms with E-state index in [2.05, 4.69) is 4.99 Å². The molecule has 0 radical (unpaired) electrons. The molecule has 124 valence electrons. The van der Waals surface area contributed by atoms with Crippen molar-refractivity contribution in [2.45, 2.75) is 5.75 Å². The van der Waals surface area contributed by atoms with E-state index in [0.717, 1.165) is 16.5 Å². The van der Waals surface area contributed by atoms with Gasteiger partial charge < -0.3 is 4.74 Å². The molecule has 4 nitrogen and oxygen atoms in total. The summed E-state index contributed by atoms with van der Waals surface area (Å²) in [7, 11) is 0. The van der Waals surface area contributed by atoms with Crippen LogP contribution in [0.2, 0.25) is 5.02 Å². The van der Waals surface area contributed by atoms with Crippen molar-refractivity contribution in [3.8, 4) is 5.75 Å². The monoisotopic (exact) mass is 360 g/mol. The van der Waals surface area contributed by atoms with E-state index in [0.29, 0.717) is 23.9 Å². The molecule has 0 bridgehead atoms. The number of carbonyl (C=O) groups is 1. The van der Waals surface area contributed by atoms with Gasteiger partial charge in [-0.15, -0.1) is 0 Å². The van der Waals surface area contributed by atoms with Gasteiger partial charge in [0.25, 0.3) is 5.91 Å². The fraction of sp³-hybridized carbons (Fsp3) is 0.222. The van der Waals surface area contributed by atoms with Gasteiger partial charge in [-0.1, -0.05) is 53.7 Å². The summed E-state index contributed by atoms with van der Waals surface area (Å²) in [5.41, 5.74) is 1.11. The Labute approximate surface area is 150 Å². The Morgan fingerprint density at radius 3 is 2.83 bits per heavy atom. The van der Waals surface area contributed by atoms with E-state index in [9.17, 15) is 4.79 Å². The fourth-order valence-electron chi connectivity index (χ4n) is 2.30. The zero-order valence-corrected chi connectivity index (χ0v) is 14.6. The number of nitrogens with zero attached hydrogens (tertiary/aromatic N) is 2. The highest BCUT2D eigenvalue weighted by molar-refractivity contribution is 8.13. The second-order valence-electron chi connectivity index (χ2n) is 5.23. The molecule has 6 heteroatoms. The molecule has 1 aliphatic heterocycles. The van der Waals surface area contributed by atoms with Gasteiger partial charge >= 0.3 is 0 Å². The number of carbonyl (C=O) groups excluding carboxylic acids is 1. The highest BCUT2D eigenvalue weighted by atomic mass is 35.5. The third-order valence-corrected chi connectivity index (χ3v) is 4.79. The molecule has 1 heterocycles. The van der Waals surface area contributed by atoms with Crippen LogP contribution in [0, 0.1) is 0 Å². The number of rotatable bonds is 5. The predicted molar refractivity (Wildman–Crippen MR) is 98.7 cm³/mol. The largest absolute Gasteiger partial charge is 0.484 e. The molecular formula is C18H17ClN2O2S. The first-order valence-corrected chi connectivity index (χ1v) is 8.98. The molecule has 0 aliphatic carbocycles. The van der Waals surface area contributed by atoms with Gasteiger partial charge in [-0.2, -0.15) is 0 Å². The molecule has 0 fully saturated rings. The summed E-state index contributed by atoms with van der Waals surface area (Å²) in [5.74, 6) is 1.34. The van der Waals surface area contributed by atoms with E-state index in [-0.39, 0.29) is 12.5 Å². The van der Waals surface area contributed by atoms with E-state index in [1.54, 1.807) is 16.7 Å². The van der Waals surface area contributed by atoms with Crippen LogP contribution in [0.15, 0.2) is 59.6 Å². The van der Waals surface area contributed by atoms with Crippen LogP contribution >= 0.6 is 23.4 Å². The van der Waals surface area contributed by atoms with E-state index in [4.69, 9.17) is 16.3 Å². The minimum Gasteiger partial charge on any atom is -0.484 e. The van der Waals surface area contributed by atoms with Crippen LogP contribution in [-0.4, -0.2) is 35.7 Å². The van der Waals surface area contributed by atoms with Gasteiger partial charge in [0, 0.05) is 17.3 Å². The van der Waals surface area contributed by atoms with Gasteiger partial charge in [0.15, 0.2) is 11.8 Å². The van der Waals surface area contributed by atoms with Crippen molar-refractivity contribution in [2.24, 2.45) is 4.99 Å². The van der Waals surface area contributed by atoms with E-state index < -0.39 is 0 Å². The fourth-order valence-corrected chi connectivity index (χ4v) is 3.52. The maximum absolute atomic E-state index is 12.4. The van der Waals surface area contributed by atoms with Crippen molar-refractivity contribution < 1.29 is 9.53 Å². The highest BCUT2D eigenvalue weighted by Crippen LogP contribution is 2.21. The Balaban J connectivity index is 1.53. The van der Waals surface area contributed by atoms with Gasteiger partial charge in [0.1, 0.15) is 5.75 Å². The smallest absolute Gasteiger partial charge is 0.266 e. The topological polar surface area (TPSA) is 41.9 Å². The number of para-hydroxylation sites is 1. The Hall–Kier alpha value is -1.98. The van der Waals surface area contributed by atoms with Gasteiger partial charge in [-0.3, -0.25) is 14.7 Å². The summed E-state index contributed by atoms with van der Waals surface area (Å²) in [6, 6.07) is 17.0. The summed E-state index contributed by atoms with van der Waals surface area (Å²) < 4.78 is 5.53. The number of hydrogen-bond acceptors (Lipinski definition) is 4. The Kier molecular flexibility index (Phi) is 5.77. The number of amidine groups is 1. The van der Waals surface area contributed by atoms with E-state index in [1.807, 2.05) is 54.6 Å². The quantitative estimate of drug-likeness (QED) is 0.813. The van der Waals surface area contributed by atoms with Crippen LogP contribution in [0.4, 0.5) is 0 Å². The normalized spacial score (nSPS) is 13.7. The second kappa shape index (κ2) is 8.22. The molecule has 2 aromatic rings. The Morgan fingerprint density at radius 1 is 1.21 bits per heavy atom. The number of amides is 1. The maximum Gasteiger partial charge on any atom is 0.266 e. The highest BCUT2D eigenvalue weighted by Gasteiger charge is 2.24. The Bertz CT molecular complexity index is 737. The van der Waals surface area contributed by atoms with Crippen LogP contribution in [0.1, 0.15) is 5.56 Å². The number of benzene rings is 2. The van der Waals surface area contributed by atoms with Gasteiger partial charge in [0.2, 0.25) is 0 Å². The SMILES string of the molecule is O=C(COc1ccccc1)N1CCN=C1SCc1cccc(Cl)c1. The van der Waals surface area contributed by atoms with Gasteiger partial charge in [0.05, 0.1) is 6.54 Å². The van der Waals surface area contributed by atoms with E-state index in [1.165, 1.54) is 0 Å². The van der Waals surface area contributed by atoms with E-state index >= 15 is 0 Å². The van der Waals surface area contributed by atoms with Crippen LogP contribution < -0.4 is 4.74 Å². The number of aliphatic imine (C=N–C) groups is 1. The average molecular weight is 361 g/mol. The maximum atomic E-state index is 12.4. The third-order valence-electron chi connectivity index (χ3n) is 3.47. The first-order chi connectivity index (χ1) is 11.7. The molecule has 0 aromatic heterocycles. The Morgan fingerprint density at radius 2 is 2.04 bits per heavy atom. The van der Waals surface area contributed by atoms with Crippen LogP contribution in [0.5, 0.6) is 5.75 Å². The standard InChI is InChI=1S/C18H17ClN2O2S/c19-15-6-4-5-14(11-15)13-24-18-20-9-10-21(18)17(22)12-23-16-7-2-1-3-8-16/h1-8,11H,9-10,12-13H2. The van der Waals surface area contributed by atoms with Crippen molar-refractivity contribution in [2.75, 3.05) is 19.7 Å². The minimum absolute atomic E-state index is 0.0146. The molecule has 0 N–H and O–H groups in total. The molecule has 2 aromatic carbocycles. The van der Waals surface area contributed by atoms with Crippen molar-refractivity contribution in [3.63, 3.8) is 0 Å². The zero-order chi connectivity index (χ0) is 16.8. The van der Waals surface area contributed by atoms with Crippen LogP contribution in [-0.2, 0) is 10.5 Å². The predicted octanol–water partition coefficient (Wildman–Crippen LogP) is 3.85. The lowest BCUT2D eigenvalue weighted by Crippen LogP contribution is -2.36. The van der Waals surface area contributed by atoms with Crippen LogP contribution in [0.3, 0.4) is 0 Å². The first-order valence-electron chi connectivity index (χ1n) is 7.62. The molecule has 0 unspecified atom stereocenters. The zero-order valence-electron chi connectivity index (χ0n) is 13.0. The number of thioether (sulfide) groups is 1. The average Bonchev–Trinajstić information content (AvgIpc) is 3.07. The van der Waals surface area contributed by atoms with Gasteiger partial charge in [-0.05, 0) is 29.8 Å². The summed E-state index contributed by atoms with van der Waals surface area (Å²) in [6.07, 6.45) is 0. The molecule has 1 aliphatic rings. The van der Waals surface area contributed by atoms with Crippen molar-refractivity contribution in [3.05, 3.63) is 65.2 Å².